The predicted octanol–water partition coefficient (Wildman–Crippen LogP) is 1.53. The number of aliphatic hydroxyl groups excluding tert-OH is 1. The molecule has 2 heterocycles. The van der Waals surface area contributed by atoms with Crippen molar-refractivity contribution in [2.45, 2.75) is 25.4 Å². The topological polar surface area (TPSA) is 83.3 Å². The molecule has 124 valence electrons. The van der Waals surface area contributed by atoms with Crippen LogP contribution in [0.5, 0.6) is 0 Å². The molecule has 23 heavy (non-hydrogen) atoms. The fourth-order valence-electron chi connectivity index (χ4n) is 2.59. The lowest BCUT2D eigenvalue weighted by Crippen LogP contribution is -2.43. The summed E-state index contributed by atoms with van der Waals surface area (Å²) in [5.41, 5.74) is 0. The summed E-state index contributed by atoms with van der Waals surface area (Å²) in [6, 6.07) is -0.269. The van der Waals surface area contributed by atoms with Crippen molar-refractivity contribution in [3.8, 4) is 0 Å². The van der Waals surface area contributed by atoms with Crippen LogP contribution in [0.3, 0.4) is 0 Å². The van der Waals surface area contributed by atoms with Crippen LogP contribution < -0.4 is 5.32 Å². The van der Waals surface area contributed by atoms with Gasteiger partial charge in [-0.25, -0.2) is 14.8 Å². The predicted molar refractivity (Wildman–Crippen MR) is 86.8 cm³/mol. The quantitative estimate of drug-likeness (QED) is 0.804. The van der Waals surface area contributed by atoms with E-state index in [9.17, 15) is 9.90 Å². The summed E-state index contributed by atoms with van der Waals surface area (Å²) in [5, 5.41) is 15.1. The van der Waals surface area contributed by atoms with Crippen LogP contribution in [0, 0.1) is 5.92 Å². The molecule has 7 nitrogen and oxygen atoms in total. The Hall–Kier alpha value is -1.93. The monoisotopic (exact) mass is 335 g/mol. The lowest BCUT2D eigenvalue weighted by Gasteiger charge is -2.25. The molecule has 0 aliphatic heterocycles. The number of amides is 2. The Kier molecular flexibility index (Phi) is 4.92. The van der Waals surface area contributed by atoms with E-state index in [2.05, 4.69) is 15.3 Å². The number of urea groups is 1. The van der Waals surface area contributed by atoms with Gasteiger partial charge in [0, 0.05) is 37.6 Å². The molecule has 0 bridgehead atoms. The van der Waals surface area contributed by atoms with Gasteiger partial charge >= 0.3 is 6.03 Å². The summed E-state index contributed by atoms with van der Waals surface area (Å²) >= 11 is 1.50. The van der Waals surface area contributed by atoms with Crippen molar-refractivity contribution in [3.63, 3.8) is 0 Å². The number of aliphatic hydroxyl groups is 1. The minimum Gasteiger partial charge on any atom is -0.395 e. The molecule has 1 aliphatic carbocycles. The van der Waals surface area contributed by atoms with Crippen LogP contribution in [-0.4, -0.2) is 43.7 Å². The number of nitrogens with one attached hydrogen (secondary N) is 1. The maximum absolute atomic E-state index is 12.7. The first-order chi connectivity index (χ1) is 11.2. The van der Waals surface area contributed by atoms with E-state index < -0.39 is 0 Å². The fourth-order valence-corrected chi connectivity index (χ4v) is 3.22. The number of aryl methyl sites for hydroxylation is 1. The average Bonchev–Trinajstić information content (AvgIpc) is 3.08. The molecule has 1 aliphatic rings. The van der Waals surface area contributed by atoms with Crippen molar-refractivity contribution in [2.75, 3.05) is 13.2 Å². The van der Waals surface area contributed by atoms with Gasteiger partial charge < -0.3 is 19.9 Å². The van der Waals surface area contributed by atoms with Gasteiger partial charge in [-0.05, 0) is 18.8 Å². The number of hydrogen-bond donors (Lipinski definition) is 2. The molecular weight excluding hydrogens is 314 g/mol. The first-order valence-electron chi connectivity index (χ1n) is 7.71. The van der Waals surface area contributed by atoms with E-state index in [4.69, 9.17) is 0 Å². The highest BCUT2D eigenvalue weighted by molar-refractivity contribution is 7.09. The van der Waals surface area contributed by atoms with Crippen molar-refractivity contribution in [3.05, 3.63) is 34.8 Å². The molecule has 8 heteroatoms. The summed E-state index contributed by atoms with van der Waals surface area (Å²) in [6.45, 7) is 0.612. The Labute approximate surface area is 139 Å². The molecule has 2 N–H and O–H groups in total. The van der Waals surface area contributed by atoms with E-state index >= 15 is 0 Å². The third-order valence-corrected chi connectivity index (χ3v) is 4.74. The highest BCUT2D eigenvalue weighted by atomic mass is 32.1. The largest absolute Gasteiger partial charge is 0.395 e. The van der Waals surface area contributed by atoms with Gasteiger partial charge in [-0.1, -0.05) is 0 Å². The number of aromatic nitrogens is 3. The van der Waals surface area contributed by atoms with Gasteiger partial charge in [-0.2, -0.15) is 0 Å². The number of carbonyl (C=O) groups is 1. The molecule has 1 fully saturated rings. The van der Waals surface area contributed by atoms with Crippen LogP contribution >= 0.6 is 11.3 Å². The zero-order chi connectivity index (χ0) is 16.2. The fraction of sp³-hybridized carbons (Fsp3) is 0.533. The van der Waals surface area contributed by atoms with Crippen molar-refractivity contribution in [1.29, 1.82) is 0 Å². The zero-order valence-corrected chi connectivity index (χ0v) is 13.9. The van der Waals surface area contributed by atoms with Crippen LogP contribution in [0.1, 0.15) is 29.7 Å². The van der Waals surface area contributed by atoms with Crippen LogP contribution in [-0.2, 0) is 13.6 Å². The van der Waals surface area contributed by atoms with Gasteiger partial charge in [0.15, 0.2) is 0 Å². The zero-order valence-electron chi connectivity index (χ0n) is 13.1. The molecule has 0 spiro atoms. The second kappa shape index (κ2) is 7.10. The number of imidazole rings is 1. The Balaban J connectivity index is 1.70. The van der Waals surface area contributed by atoms with Gasteiger partial charge in [-0.3, -0.25) is 0 Å². The summed E-state index contributed by atoms with van der Waals surface area (Å²) in [4.78, 5) is 22.8. The maximum atomic E-state index is 12.7. The first kappa shape index (κ1) is 15.9. The third kappa shape index (κ3) is 3.89. The van der Waals surface area contributed by atoms with Gasteiger partial charge in [0.2, 0.25) is 0 Å². The Morgan fingerprint density at radius 3 is 2.91 bits per heavy atom. The van der Waals surface area contributed by atoms with E-state index in [1.54, 1.807) is 17.3 Å². The SMILES string of the molecule is Cn1ccnc1[C@H](NC(=O)N(CCO)Cc1nccs1)C1CC1. The average molecular weight is 335 g/mol. The molecule has 2 aromatic rings. The standard InChI is InChI=1S/C15H21N5O2S/c1-19-6-4-17-14(19)13(11-2-3-11)18-15(22)20(7-8-21)10-12-16-5-9-23-12/h4-6,9,11,13,21H,2-3,7-8,10H2,1H3,(H,18,22)/t13-/m1/s1. The molecular formula is C15H21N5O2S. The second-order valence-electron chi connectivity index (χ2n) is 5.73. The summed E-state index contributed by atoms with van der Waals surface area (Å²) in [5.74, 6) is 1.31. The normalized spacial score (nSPS) is 15.4. The number of thiazole rings is 1. The maximum Gasteiger partial charge on any atom is 0.318 e. The van der Waals surface area contributed by atoms with Crippen LogP contribution in [0.2, 0.25) is 0 Å². The second-order valence-corrected chi connectivity index (χ2v) is 6.71. The van der Waals surface area contributed by atoms with E-state index in [1.807, 2.05) is 23.2 Å². The molecule has 0 radical (unpaired) electrons. The van der Waals surface area contributed by atoms with E-state index in [0.717, 1.165) is 23.7 Å². The number of nitrogens with zero attached hydrogens (tertiary/aromatic N) is 4. The molecule has 1 saturated carbocycles. The van der Waals surface area contributed by atoms with E-state index in [0.29, 0.717) is 12.5 Å². The smallest absolute Gasteiger partial charge is 0.318 e. The van der Waals surface area contributed by atoms with Gasteiger partial charge in [0.1, 0.15) is 10.8 Å². The van der Waals surface area contributed by atoms with Crippen molar-refractivity contribution >= 4 is 17.4 Å². The minimum atomic E-state index is -0.186. The van der Waals surface area contributed by atoms with Crippen LogP contribution in [0.4, 0.5) is 4.79 Å². The Morgan fingerprint density at radius 1 is 1.52 bits per heavy atom. The Bertz CT molecular complexity index is 638. The first-order valence-corrected chi connectivity index (χ1v) is 8.59. The van der Waals surface area contributed by atoms with Gasteiger partial charge in [-0.15, -0.1) is 11.3 Å². The molecule has 1 atom stereocenters. The van der Waals surface area contributed by atoms with Crippen molar-refractivity contribution < 1.29 is 9.90 Å². The van der Waals surface area contributed by atoms with Gasteiger partial charge in [0.25, 0.3) is 0 Å². The van der Waals surface area contributed by atoms with Crippen molar-refractivity contribution in [2.24, 2.45) is 13.0 Å². The van der Waals surface area contributed by atoms with Crippen molar-refractivity contribution in [1.82, 2.24) is 24.8 Å². The van der Waals surface area contributed by atoms with Gasteiger partial charge in [0.05, 0.1) is 19.2 Å². The number of rotatable bonds is 7. The minimum absolute atomic E-state index is 0.0741. The molecule has 0 saturated heterocycles. The molecule has 0 unspecified atom stereocenters. The molecule has 0 aromatic carbocycles. The molecule has 2 aromatic heterocycles. The lowest BCUT2D eigenvalue weighted by atomic mass is 10.1. The third-order valence-electron chi connectivity index (χ3n) is 3.98. The summed E-state index contributed by atoms with van der Waals surface area (Å²) < 4.78 is 1.94. The lowest BCUT2D eigenvalue weighted by molar-refractivity contribution is 0.169. The van der Waals surface area contributed by atoms with Crippen LogP contribution in [0.15, 0.2) is 24.0 Å². The summed E-state index contributed by atoms with van der Waals surface area (Å²) in [6.07, 6.45) is 7.56. The number of hydrogen-bond acceptors (Lipinski definition) is 5. The highest BCUT2D eigenvalue weighted by Crippen LogP contribution is 2.40. The van der Waals surface area contributed by atoms with E-state index in [1.165, 1.54) is 11.3 Å². The van der Waals surface area contributed by atoms with Crippen LogP contribution in [0.25, 0.3) is 0 Å². The molecule has 2 amide bonds. The summed E-state index contributed by atoms with van der Waals surface area (Å²) in [7, 11) is 1.94. The number of carbonyl (C=O) groups excluding carboxylic acids is 1. The Morgan fingerprint density at radius 2 is 2.35 bits per heavy atom. The van der Waals surface area contributed by atoms with E-state index in [-0.39, 0.29) is 25.2 Å². The molecule has 3 rings (SSSR count). The highest BCUT2D eigenvalue weighted by Gasteiger charge is 2.36.